The number of carbonyl (C=O) groups excluding carboxylic acids is 2. The molecule has 2 aliphatic rings. The Hall–Kier alpha value is -2.29. The molecule has 0 saturated carbocycles. The number of carbonyl (C=O) groups is 2. The van der Waals surface area contributed by atoms with Crippen LogP contribution in [0.3, 0.4) is 0 Å². The Labute approximate surface area is 159 Å². The first-order valence-corrected chi connectivity index (χ1v) is 10.8. The van der Waals surface area contributed by atoms with Crippen LogP contribution < -0.4 is 15.0 Å². The van der Waals surface area contributed by atoms with Crippen molar-refractivity contribution >= 4 is 27.3 Å². The zero-order valence-electron chi connectivity index (χ0n) is 15.4. The summed E-state index contributed by atoms with van der Waals surface area (Å²) in [5.41, 5.74) is 1.07. The van der Waals surface area contributed by atoms with E-state index in [-0.39, 0.29) is 29.9 Å². The van der Waals surface area contributed by atoms with Gasteiger partial charge in [-0.1, -0.05) is 0 Å². The topological polar surface area (TPSA) is 96.0 Å². The maximum atomic E-state index is 12.3. The molecular formula is C18H25N3O5S. The fraction of sp³-hybridized carbons (Fsp3) is 0.556. The average Bonchev–Trinajstić information content (AvgIpc) is 3.00. The number of rotatable bonds is 5. The van der Waals surface area contributed by atoms with Gasteiger partial charge in [0.1, 0.15) is 12.2 Å². The van der Waals surface area contributed by atoms with Crippen LogP contribution >= 0.6 is 0 Å². The van der Waals surface area contributed by atoms with Crippen LogP contribution in [0.25, 0.3) is 0 Å². The number of benzene rings is 1. The minimum atomic E-state index is -3.05. The molecule has 8 nitrogen and oxygen atoms in total. The van der Waals surface area contributed by atoms with E-state index in [9.17, 15) is 18.0 Å². The zero-order chi connectivity index (χ0) is 19.4. The van der Waals surface area contributed by atoms with Crippen molar-refractivity contribution in [3.63, 3.8) is 0 Å². The highest BCUT2D eigenvalue weighted by Crippen LogP contribution is 2.20. The molecule has 1 aromatic carbocycles. The molecule has 1 aromatic rings. The van der Waals surface area contributed by atoms with Crippen molar-refractivity contribution in [2.45, 2.75) is 18.9 Å². The van der Waals surface area contributed by atoms with Crippen molar-refractivity contribution in [2.75, 3.05) is 49.7 Å². The third-order valence-electron chi connectivity index (χ3n) is 4.98. The van der Waals surface area contributed by atoms with Crippen molar-refractivity contribution in [3.05, 3.63) is 24.3 Å². The van der Waals surface area contributed by atoms with Gasteiger partial charge < -0.3 is 19.9 Å². The highest BCUT2D eigenvalue weighted by molar-refractivity contribution is 7.91. The molecule has 9 heteroatoms. The second-order valence-electron chi connectivity index (χ2n) is 6.91. The lowest BCUT2D eigenvalue weighted by Crippen LogP contribution is -2.50. The molecule has 2 amide bonds. The molecule has 27 heavy (non-hydrogen) atoms. The summed E-state index contributed by atoms with van der Waals surface area (Å²) >= 11 is 0. The van der Waals surface area contributed by atoms with E-state index in [1.54, 1.807) is 12.0 Å². The number of anilines is 1. The van der Waals surface area contributed by atoms with Gasteiger partial charge in [-0.2, -0.15) is 0 Å². The smallest absolute Gasteiger partial charge is 0.232 e. The summed E-state index contributed by atoms with van der Waals surface area (Å²) in [6.07, 6.45) is 0.182. The van der Waals surface area contributed by atoms with Crippen LogP contribution in [-0.2, 0) is 19.4 Å². The molecule has 148 valence electrons. The predicted octanol–water partition coefficient (Wildman–Crippen LogP) is 0.0372. The maximum Gasteiger partial charge on any atom is 0.232 e. The van der Waals surface area contributed by atoms with E-state index in [2.05, 4.69) is 10.2 Å². The Morgan fingerprint density at radius 3 is 2.37 bits per heavy atom. The van der Waals surface area contributed by atoms with Crippen LogP contribution in [0.5, 0.6) is 5.75 Å². The molecule has 1 unspecified atom stereocenters. The van der Waals surface area contributed by atoms with Gasteiger partial charge in [0.05, 0.1) is 18.6 Å². The third kappa shape index (κ3) is 5.12. The van der Waals surface area contributed by atoms with Crippen LogP contribution in [-0.4, -0.2) is 76.0 Å². The van der Waals surface area contributed by atoms with E-state index in [0.717, 1.165) is 11.4 Å². The number of nitrogens with one attached hydrogen (secondary N) is 1. The normalized spacial score (nSPS) is 21.7. The zero-order valence-corrected chi connectivity index (χ0v) is 16.2. The predicted molar refractivity (Wildman–Crippen MR) is 102 cm³/mol. The van der Waals surface area contributed by atoms with Crippen molar-refractivity contribution in [1.82, 2.24) is 10.2 Å². The molecule has 2 heterocycles. The molecule has 0 spiro atoms. The monoisotopic (exact) mass is 395 g/mol. The molecule has 0 radical (unpaired) electrons. The van der Waals surface area contributed by atoms with Gasteiger partial charge in [0, 0.05) is 37.9 Å². The van der Waals surface area contributed by atoms with Crippen LogP contribution in [0.2, 0.25) is 0 Å². The molecule has 3 rings (SSSR count). The van der Waals surface area contributed by atoms with Crippen molar-refractivity contribution < 1.29 is 22.7 Å². The van der Waals surface area contributed by atoms with Gasteiger partial charge in [-0.05, 0) is 30.7 Å². The molecule has 1 atom stereocenters. The molecular weight excluding hydrogens is 370 g/mol. The van der Waals surface area contributed by atoms with Crippen LogP contribution in [0.1, 0.15) is 12.8 Å². The quantitative estimate of drug-likeness (QED) is 0.707. The fourth-order valence-corrected chi connectivity index (χ4v) is 5.12. The summed E-state index contributed by atoms with van der Waals surface area (Å²) in [6.45, 7) is 2.49. The molecule has 0 bridgehead atoms. The minimum absolute atomic E-state index is 0.0343. The third-order valence-corrected chi connectivity index (χ3v) is 6.75. The van der Waals surface area contributed by atoms with E-state index in [1.807, 2.05) is 24.3 Å². The fourth-order valence-electron chi connectivity index (χ4n) is 3.44. The Morgan fingerprint density at radius 2 is 1.81 bits per heavy atom. The maximum absolute atomic E-state index is 12.3. The standard InChI is InChI=1S/C18H25N3O5S/c1-26-16-4-2-15(3-5-16)20-7-9-21(10-8-20)18(23)12-17(22)19-14-6-11-27(24,25)13-14/h2-5,14H,6-13H2,1H3,(H,19,22). The number of sulfone groups is 1. The van der Waals surface area contributed by atoms with Gasteiger partial charge in [0.25, 0.3) is 0 Å². The summed E-state index contributed by atoms with van der Waals surface area (Å²) in [5, 5.41) is 2.66. The van der Waals surface area contributed by atoms with Crippen molar-refractivity contribution in [3.8, 4) is 5.75 Å². The SMILES string of the molecule is COc1ccc(N2CCN(C(=O)CC(=O)NC3CCS(=O)(=O)C3)CC2)cc1. The number of nitrogens with zero attached hydrogens (tertiary/aromatic N) is 2. The van der Waals surface area contributed by atoms with Crippen molar-refractivity contribution in [2.24, 2.45) is 0 Å². The first-order chi connectivity index (χ1) is 12.9. The Balaban J connectivity index is 1.44. The lowest BCUT2D eigenvalue weighted by molar-refractivity contribution is -0.136. The van der Waals surface area contributed by atoms with Gasteiger partial charge in [0.2, 0.25) is 11.8 Å². The molecule has 1 N–H and O–H groups in total. The summed E-state index contributed by atoms with van der Waals surface area (Å²) in [4.78, 5) is 28.3. The lowest BCUT2D eigenvalue weighted by atomic mass is 10.2. The largest absolute Gasteiger partial charge is 0.497 e. The van der Waals surface area contributed by atoms with E-state index in [0.29, 0.717) is 32.6 Å². The minimum Gasteiger partial charge on any atom is -0.497 e. The number of hydrogen-bond acceptors (Lipinski definition) is 6. The van der Waals surface area contributed by atoms with Crippen LogP contribution in [0.4, 0.5) is 5.69 Å². The molecule has 2 aliphatic heterocycles. The van der Waals surface area contributed by atoms with Crippen LogP contribution in [0, 0.1) is 0 Å². The summed E-state index contributed by atoms with van der Waals surface area (Å²) in [5.74, 6) is 0.239. The first-order valence-electron chi connectivity index (χ1n) is 9.03. The molecule has 2 saturated heterocycles. The Bertz CT molecular complexity index is 786. The van der Waals surface area contributed by atoms with Gasteiger partial charge in [-0.15, -0.1) is 0 Å². The van der Waals surface area contributed by atoms with E-state index < -0.39 is 15.7 Å². The average molecular weight is 395 g/mol. The lowest BCUT2D eigenvalue weighted by Gasteiger charge is -2.36. The van der Waals surface area contributed by atoms with Gasteiger partial charge >= 0.3 is 0 Å². The summed E-state index contributed by atoms with van der Waals surface area (Å²) in [6, 6.07) is 7.40. The van der Waals surface area contributed by atoms with Gasteiger partial charge in [0.15, 0.2) is 9.84 Å². The van der Waals surface area contributed by atoms with E-state index >= 15 is 0 Å². The van der Waals surface area contributed by atoms with Gasteiger partial charge in [-0.3, -0.25) is 9.59 Å². The Morgan fingerprint density at radius 1 is 1.15 bits per heavy atom. The van der Waals surface area contributed by atoms with Gasteiger partial charge in [-0.25, -0.2) is 8.42 Å². The van der Waals surface area contributed by atoms with Crippen molar-refractivity contribution in [1.29, 1.82) is 0 Å². The second kappa shape index (κ2) is 8.16. The Kier molecular flexibility index (Phi) is 5.88. The molecule has 0 aromatic heterocycles. The number of hydrogen-bond donors (Lipinski definition) is 1. The van der Waals surface area contributed by atoms with Crippen LogP contribution in [0.15, 0.2) is 24.3 Å². The number of piperazine rings is 1. The summed E-state index contributed by atoms with van der Waals surface area (Å²) < 4.78 is 28.0. The molecule has 0 aliphatic carbocycles. The molecule has 2 fully saturated rings. The summed E-state index contributed by atoms with van der Waals surface area (Å²) in [7, 11) is -1.42. The van der Waals surface area contributed by atoms with E-state index in [1.165, 1.54) is 0 Å². The number of ether oxygens (including phenoxy) is 1. The highest BCUT2D eigenvalue weighted by atomic mass is 32.2. The second-order valence-corrected chi connectivity index (χ2v) is 9.14. The van der Waals surface area contributed by atoms with E-state index in [4.69, 9.17) is 4.74 Å². The number of amides is 2. The highest BCUT2D eigenvalue weighted by Gasteiger charge is 2.30. The number of methoxy groups -OCH3 is 1. The first kappa shape index (κ1) is 19.5.